The van der Waals surface area contributed by atoms with Crippen LogP contribution in [0.5, 0.6) is 17.2 Å². The third-order valence-corrected chi connectivity index (χ3v) is 2.84. The van der Waals surface area contributed by atoms with Crippen LogP contribution < -0.4 is 14.2 Å². The number of methoxy groups -OCH3 is 3. The number of benzene rings is 1. The van der Waals surface area contributed by atoms with Gasteiger partial charge in [-0.2, -0.15) is 0 Å². The van der Waals surface area contributed by atoms with E-state index >= 15 is 0 Å². The molecule has 0 N–H and O–H groups in total. The third kappa shape index (κ3) is 3.41. The Morgan fingerprint density at radius 3 is 2.00 bits per heavy atom. The first-order valence-corrected chi connectivity index (χ1v) is 5.73. The van der Waals surface area contributed by atoms with Gasteiger partial charge in [-0.3, -0.25) is 4.90 Å². The quantitative estimate of drug-likeness (QED) is 0.580. The number of ether oxygens (including phenoxy) is 3. The molecule has 1 aromatic carbocycles. The van der Waals surface area contributed by atoms with Crippen LogP contribution in [0.1, 0.15) is 5.56 Å². The van der Waals surface area contributed by atoms with E-state index in [9.17, 15) is 0 Å². The van der Waals surface area contributed by atoms with Gasteiger partial charge in [0.15, 0.2) is 11.5 Å². The van der Waals surface area contributed by atoms with Gasteiger partial charge in [-0.1, -0.05) is 0 Å². The first-order valence-electron chi connectivity index (χ1n) is 5.19. The van der Waals surface area contributed by atoms with Gasteiger partial charge in [0.05, 0.1) is 27.3 Å². The van der Waals surface area contributed by atoms with Crippen LogP contribution in [-0.2, 0) is 6.54 Å². The van der Waals surface area contributed by atoms with Crippen LogP contribution >= 0.6 is 11.6 Å². The van der Waals surface area contributed by atoms with Crippen LogP contribution in [0.4, 0.5) is 0 Å². The molecule has 0 aliphatic heterocycles. The summed E-state index contributed by atoms with van der Waals surface area (Å²) in [5.74, 6) is 2.10. The fourth-order valence-electron chi connectivity index (χ4n) is 1.55. The van der Waals surface area contributed by atoms with Crippen LogP contribution in [-0.4, -0.2) is 39.3 Å². The van der Waals surface area contributed by atoms with Crippen LogP contribution in [0, 0.1) is 0 Å². The van der Waals surface area contributed by atoms with E-state index in [2.05, 4.69) is 0 Å². The molecule has 0 aromatic heterocycles. The molecule has 4 nitrogen and oxygen atoms in total. The zero-order valence-corrected chi connectivity index (χ0v) is 11.4. The Balaban J connectivity index is 3.09. The highest BCUT2D eigenvalue weighted by atomic mass is 35.5. The van der Waals surface area contributed by atoms with Crippen LogP contribution in [0.2, 0.25) is 0 Å². The van der Waals surface area contributed by atoms with Crippen molar-refractivity contribution in [1.82, 2.24) is 4.90 Å². The molecule has 0 atom stereocenters. The predicted molar refractivity (Wildman–Crippen MR) is 68.3 cm³/mol. The summed E-state index contributed by atoms with van der Waals surface area (Å²) in [6.07, 6.45) is 0. The maximum Gasteiger partial charge on any atom is 0.164 e. The molecule has 0 aliphatic rings. The lowest BCUT2D eigenvalue weighted by Gasteiger charge is -2.17. The number of rotatable bonds is 6. The molecule has 5 heteroatoms. The van der Waals surface area contributed by atoms with Gasteiger partial charge >= 0.3 is 0 Å². The Morgan fingerprint density at radius 1 is 1.00 bits per heavy atom. The molecule has 0 spiro atoms. The molecule has 0 radical (unpaired) electrons. The summed E-state index contributed by atoms with van der Waals surface area (Å²) in [7, 11) is 6.77. The van der Waals surface area contributed by atoms with Crippen LogP contribution in [0.3, 0.4) is 0 Å². The van der Waals surface area contributed by atoms with Gasteiger partial charge in [0.1, 0.15) is 5.75 Å². The van der Waals surface area contributed by atoms with Crippen molar-refractivity contribution < 1.29 is 14.2 Å². The van der Waals surface area contributed by atoms with E-state index in [0.717, 1.165) is 11.3 Å². The Labute approximate surface area is 107 Å². The fourth-order valence-corrected chi connectivity index (χ4v) is 1.63. The van der Waals surface area contributed by atoms with Crippen molar-refractivity contribution in [2.24, 2.45) is 0 Å². The molecule has 17 heavy (non-hydrogen) atoms. The van der Waals surface area contributed by atoms with Gasteiger partial charge in [0.2, 0.25) is 0 Å². The molecular weight excluding hydrogens is 242 g/mol. The molecular formula is C12H18ClNO3. The van der Waals surface area contributed by atoms with Crippen molar-refractivity contribution >= 4 is 11.6 Å². The fraction of sp³-hybridized carbons (Fsp3) is 0.500. The van der Waals surface area contributed by atoms with E-state index in [1.54, 1.807) is 21.3 Å². The zero-order chi connectivity index (χ0) is 12.8. The minimum absolute atomic E-state index is 0.456. The molecule has 0 saturated carbocycles. The number of alkyl halides is 1. The SMILES string of the molecule is COc1cc(OC)c(OC)cc1CN(C)CCl. The van der Waals surface area contributed by atoms with Crippen molar-refractivity contribution in [2.75, 3.05) is 34.4 Å². The second-order valence-electron chi connectivity index (χ2n) is 3.65. The normalized spacial score (nSPS) is 10.5. The number of hydrogen-bond acceptors (Lipinski definition) is 4. The number of halogens is 1. The molecule has 0 fully saturated rings. The molecule has 0 saturated heterocycles. The average Bonchev–Trinajstić information content (AvgIpc) is 2.37. The first-order chi connectivity index (χ1) is 8.15. The number of nitrogens with zero attached hydrogens (tertiary/aromatic N) is 1. The lowest BCUT2D eigenvalue weighted by Crippen LogP contribution is -2.16. The summed E-state index contributed by atoms with van der Waals surface area (Å²) in [4.78, 5) is 1.96. The van der Waals surface area contributed by atoms with Crippen LogP contribution in [0.15, 0.2) is 12.1 Å². The predicted octanol–water partition coefficient (Wildman–Crippen LogP) is 2.34. The standard InChI is InChI=1S/C12H18ClNO3/c1-14(8-13)7-9-5-11(16-3)12(17-4)6-10(9)15-2/h5-6H,7-8H2,1-4H3. The van der Waals surface area contributed by atoms with Gasteiger partial charge in [0.25, 0.3) is 0 Å². The van der Waals surface area contributed by atoms with E-state index in [4.69, 9.17) is 25.8 Å². The van der Waals surface area contributed by atoms with Gasteiger partial charge < -0.3 is 14.2 Å². The topological polar surface area (TPSA) is 30.9 Å². The second kappa shape index (κ2) is 6.57. The minimum atomic E-state index is 0.456. The molecule has 0 aliphatic carbocycles. The molecule has 1 rings (SSSR count). The summed E-state index contributed by atoms with van der Waals surface area (Å²) in [6, 6.07) is 4.18. The molecule has 0 heterocycles. The van der Waals surface area contributed by atoms with Crippen molar-refractivity contribution in [1.29, 1.82) is 0 Å². The maximum atomic E-state index is 5.76. The minimum Gasteiger partial charge on any atom is -0.496 e. The monoisotopic (exact) mass is 259 g/mol. The summed E-state index contributed by atoms with van der Waals surface area (Å²) in [5.41, 5.74) is 1.01. The van der Waals surface area contributed by atoms with E-state index in [0.29, 0.717) is 24.0 Å². The second-order valence-corrected chi connectivity index (χ2v) is 3.89. The van der Waals surface area contributed by atoms with Crippen LogP contribution in [0.25, 0.3) is 0 Å². The average molecular weight is 260 g/mol. The van der Waals surface area contributed by atoms with Gasteiger partial charge in [-0.25, -0.2) is 0 Å². The Morgan fingerprint density at radius 2 is 1.53 bits per heavy atom. The van der Waals surface area contributed by atoms with Crippen molar-refractivity contribution in [3.05, 3.63) is 17.7 Å². The Bertz CT molecular complexity index is 371. The summed E-state index contributed by atoms with van der Waals surface area (Å²) >= 11 is 5.76. The molecule has 96 valence electrons. The molecule has 0 amide bonds. The lowest BCUT2D eigenvalue weighted by atomic mass is 10.1. The smallest absolute Gasteiger partial charge is 0.164 e. The molecule has 0 bridgehead atoms. The zero-order valence-electron chi connectivity index (χ0n) is 10.6. The Kier molecular flexibility index (Phi) is 5.38. The van der Waals surface area contributed by atoms with Crippen molar-refractivity contribution in [3.63, 3.8) is 0 Å². The highest BCUT2D eigenvalue weighted by Gasteiger charge is 2.12. The summed E-state index contributed by atoms with van der Waals surface area (Å²) in [6.45, 7) is 0.688. The lowest BCUT2D eigenvalue weighted by molar-refractivity contribution is 0.337. The maximum absolute atomic E-state index is 5.76. The van der Waals surface area contributed by atoms with E-state index in [1.165, 1.54) is 0 Å². The van der Waals surface area contributed by atoms with Crippen molar-refractivity contribution in [2.45, 2.75) is 6.54 Å². The third-order valence-electron chi connectivity index (χ3n) is 2.43. The molecule has 0 unspecified atom stereocenters. The highest BCUT2D eigenvalue weighted by molar-refractivity contribution is 6.17. The first kappa shape index (κ1) is 13.9. The summed E-state index contributed by atoms with van der Waals surface area (Å²) in [5, 5.41) is 0. The van der Waals surface area contributed by atoms with E-state index < -0.39 is 0 Å². The van der Waals surface area contributed by atoms with Gasteiger partial charge in [0, 0.05) is 18.2 Å². The Hall–Kier alpha value is -1.13. The van der Waals surface area contributed by atoms with E-state index in [1.807, 2.05) is 24.1 Å². The number of hydrogen-bond donors (Lipinski definition) is 0. The highest BCUT2D eigenvalue weighted by Crippen LogP contribution is 2.35. The van der Waals surface area contributed by atoms with E-state index in [-0.39, 0.29) is 0 Å². The summed E-state index contributed by atoms with van der Waals surface area (Å²) < 4.78 is 15.8. The van der Waals surface area contributed by atoms with Gasteiger partial charge in [-0.15, -0.1) is 11.6 Å². The molecule has 1 aromatic rings. The van der Waals surface area contributed by atoms with Crippen molar-refractivity contribution in [3.8, 4) is 17.2 Å². The van der Waals surface area contributed by atoms with Gasteiger partial charge in [-0.05, 0) is 13.1 Å². The largest absolute Gasteiger partial charge is 0.496 e.